The van der Waals surface area contributed by atoms with Crippen molar-refractivity contribution in [1.29, 1.82) is 0 Å². The molecule has 0 saturated carbocycles. The van der Waals surface area contributed by atoms with E-state index in [0.29, 0.717) is 11.9 Å². The van der Waals surface area contributed by atoms with Crippen LogP contribution in [0.3, 0.4) is 0 Å². The highest BCUT2D eigenvalue weighted by molar-refractivity contribution is 6.17. The molecule has 1 saturated heterocycles. The van der Waals surface area contributed by atoms with Crippen LogP contribution in [-0.4, -0.2) is 17.5 Å². The lowest BCUT2D eigenvalue weighted by Gasteiger charge is -2.25. The van der Waals surface area contributed by atoms with Gasteiger partial charge in [-0.25, -0.2) is 0 Å². The molecule has 1 aromatic rings. The van der Waals surface area contributed by atoms with Gasteiger partial charge in [-0.2, -0.15) is 0 Å². The second-order valence-corrected chi connectivity index (χ2v) is 4.88. The molecule has 1 aliphatic rings. The fourth-order valence-corrected chi connectivity index (χ4v) is 2.78. The molecule has 4 nitrogen and oxygen atoms in total. The highest BCUT2D eigenvalue weighted by atomic mass is 35.5. The fourth-order valence-electron chi connectivity index (χ4n) is 2.62. The Labute approximate surface area is 112 Å². The summed E-state index contributed by atoms with van der Waals surface area (Å²) in [6.45, 7) is 3.03. The Morgan fingerprint density at radius 1 is 1.56 bits per heavy atom. The Hall–Kier alpha value is -1.29. The first-order valence-corrected chi connectivity index (χ1v) is 6.80. The zero-order valence-electron chi connectivity index (χ0n) is 10.4. The third kappa shape index (κ3) is 2.43. The molecule has 0 spiro atoms. The Morgan fingerprint density at radius 2 is 2.33 bits per heavy atom. The lowest BCUT2D eigenvalue weighted by molar-refractivity contribution is -0.384. The molecule has 0 amide bonds. The summed E-state index contributed by atoms with van der Waals surface area (Å²) in [6.07, 6.45) is 3.24. The van der Waals surface area contributed by atoms with Crippen molar-refractivity contribution in [3.8, 4) is 0 Å². The van der Waals surface area contributed by atoms with Gasteiger partial charge in [0.05, 0.1) is 4.92 Å². The van der Waals surface area contributed by atoms with Gasteiger partial charge in [-0.05, 0) is 30.9 Å². The van der Waals surface area contributed by atoms with Crippen molar-refractivity contribution in [2.45, 2.75) is 38.1 Å². The summed E-state index contributed by atoms with van der Waals surface area (Å²) in [5, 5.41) is 11.2. The van der Waals surface area contributed by atoms with E-state index in [2.05, 4.69) is 11.8 Å². The zero-order valence-corrected chi connectivity index (χ0v) is 11.2. The zero-order chi connectivity index (χ0) is 13.1. The SMILES string of the molecule is CCC1CCCN1c1ccc(CCl)cc1[N+](=O)[O-]. The van der Waals surface area contributed by atoms with Gasteiger partial charge in [-0.15, -0.1) is 11.6 Å². The number of alkyl halides is 1. The average Bonchev–Trinajstić information content (AvgIpc) is 2.86. The summed E-state index contributed by atoms with van der Waals surface area (Å²) in [5.74, 6) is 0.304. The molecule has 2 rings (SSSR count). The summed E-state index contributed by atoms with van der Waals surface area (Å²) in [4.78, 5) is 13.0. The number of hydrogen-bond acceptors (Lipinski definition) is 3. The van der Waals surface area contributed by atoms with Crippen LogP contribution in [0.15, 0.2) is 18.2 Å². The van der Waals surface area contributed by atoms with E-state index in [9.17, 15) is 10.1 Å². The molecule has 5 heteroatoms. The predicted octanol–water partition coefficient (Wildman–Crippen LogP) is 3.71. The van der Waals surface area contributed by atoms with Gasteiger partial charge >= 0.3 is 0 Å². The summed E-state index contributed by atoms with van der Waals surface area (Å²) >= 11 is 5.74. The van der Waals surface area contributed by atoms with Crippen molar-refractivity contribution in [2.24, 2.45) is 0 Å². The van der Waals surface area contributed by atoms with Crippen molar-refractivity contribution < 1.29 is 4.92 Å². The van der Waals surface area contributed by atoms with E-state index in [1.165, 1.54) is 0 Å². The number of benzene rings is 1. The van der Waals surface area contributed by atoms with Gasteiger partial charge in [0, 0.05) is 24.5 Å². The lowest BCUT2D eigenvalue weighted by Crippen LogP contribution is -2.29. The molecule has 1 unspecified atom stereocenters. The first-order chi connectivity index (χ1) is 8.67. The Bertz CT molecular complexity index is 451. The molecule has 18 heavy (non-hydrogen) atoms. The van der Waals surface area contributed by atoms with Crippen molar-refractivity contribution in [3.05, 3.63) is 33.9 Å². The number of rotatable bonds is 4. The Balaban J connectivity index is 2.40. The molecule has 1 fully saturated rings. The van der Waals surface area contributed by atoms with Crippen molar-refractivity contribution in [2.75, 3.05) is 11.4 Å². The number of nitro benzene ring substituents is 1. The first-order valence-electron chi connectivity index (χ1n) is 6.27. The van der Waals surface area contributed by atoms with Crippen LogP contribution in [0.25, 0.3) is 0 Å². The van der Waals surface area contributed by atoms with Crippen LogP contribution in [0.4, 0.5) is 11.4 Å². The minimum Gasteiger partial charge on any atom is -0.363 e. The van der Waals surface area contributed by atoms with Crippen LogP contribution < -0.4 is 4.90 Å². The van der Waals surface area contributed by atoms with Crippen LogP contribution in [-0.2, 0) is 5.88 Å². The maximum absolute atomic E-state index is 11.2. The highest BCUT2D eigenvalue weighted by Crippen LogP contribution is 2.35. The van der Waals surface area contributed by atoms with E-state index >= 15 is 0 Å². The maximum atomic E-state index is 11.2. The number of nitro groups is 1. The normalized spacial score (nSPS) is 19.2. The molecule has 0 N–H and O–H groups in total. The lowest BCUT2D eigenvalue weighted by atomic mass is 10.1. The topological polar surface area (TPSA) is 46.4 Å². The smallest absolute Gasteiger partial charge is 0.292 e. The largest absolute Gasteiger partial charge is 0.363 e. The van der Waals surface area contributed by atoms with Gasteiger partial charge in [0.25, 0.3) is 5.69 Å². The standard InChI is InChI=1S/C13H17ClN2O2/c1-2-11-4-3-7-15(11)12-6-5-10(9-14)8-13(12)16(17)18/h5-6,8,11H,2-4,7,9H2,1H3. The molecule has 1 aliphatic heterocycles. The van der Waals surface area contributed by atoms with E-state index in [-0.39, 0.29) is 10.6 Å². The van der Waals surface area contributed by atoms with Gasteiger partial charge < -0.3 is 4.90 Å². The van der Waals surface area contributed by atoms with Gasteiger partial charge in [0.1, 0.15) is 5.69 Å². The van der Waals surface area contributed by atoms with Gasteiger partial charge in [0.2, 0.25) is 0 Å². The molecule has 1 atom stereocenters. The summed E-state index contributed by atoms with van der Waals surface area (Å²) in [7, 11) is 0. The summed E-state index contributed by atoms with van der Waals surface area (Å²) in [6, 6.07) is 5.72. The summed E-state index contributed by atoms with van der Waals surface area (Å²) < 4.78 is 0. The molecular formula is C13H17ClN2O2. The van der Waals surface area contributed by atoms with Crippen LogP contribution in [0.2, 0.25) is 0 Å². The van der Waals surface area contributed by atoms with E-state index in [0.717, 1.165) is 37.1 Å². The second kappa shape index (κ2) is 5.57. The summed E-state index contributed by atoms with van der Waals surface area (Å²) in [5.41, 5.74) is 1.70. The molecule has 0 radical (unpaired) electrons. The van der Waals surface area contributed by atoms with Crippen molar-refractivity contribution in [3.63, 3.8) is 0 Å². The second-order valence-electron chi connectivity index (χ2n) is 4.61. The van der Waals surface area contributed by atoms with Gasteiger partial charge in [0.15, 0.2) is 0 Å². The first kappa shape index (κ1) is 13.1. The molecule has 1 heterocycles. The van der Waals surface area contributed by atoms with E-state index in [1.54, 1.807) is 6.07 Å². The highest BCUT2D eigenvalue weighted by Gasteiger charge is 2.28. The molecule has 1 aromatic carbocycles. The quantitative estimate of drug-likeness (QED) is 0.475. The molecule has 98 valence electrons. The fraction of sp³-hybridized carbons (Fsp3) is 0.538. The predicted molar refractivity (Wildman–Crippen MR) is 73.3 cm³/mol. The van der Waals surface area contributed by atoms with Crippen LogP contribution in [0.1, 0.15) is 31.7 Å². The Kier molecular flexibility index (Phi) is 4.07. The monoisotopic (exact) mass is 268 g/mol. The molecule has 0 aromatic heterocycles. The van der Waals surface area contributed by atoms with E-state index in [1.807, 2.05) is 12.1 Å². The minimum atomic E-state index is -0.309. The van der Waals surface area contributed by atoms with Gasteiger partial charge in [-0.3, -0.25) is 10.1 Å². The third-order valence-electron chi connectivity index (χ3n) is 3.55. The maximum Gasteiger partial charge on any atom is 0.292 e. The van der Waals surface area contributed by atoms with Crippen molar-refractivity contribution in [1.82, 2.24) is 0 Å². The molecule has 0 aliphatic carbocycles. The molecule has 0 bridgehead atoms. The van der Waals surface area contributed by atoms with E-state index < -0.39 is 0 Å². The third-order valence-corrected chi connectivity index (χ3v) is 3.86. The van der Waals surface area contributed by atoms with E-state index in [4.69, 9.17) is 11.6 Å². The van der Waals surface area contributed by atoms with Crippen LogP contribution in [0, 0.1) is 10.1 Å². The minimum absolute atomic E-state index is 0.175. The van der Waals surface area contributed by atoms with Crippen LogP contribution in [0.5, 0.6) is 0 Å². The number of nitrogens with zero attached hydrogens (tertiary/aromatic N) is 2. The molecular weight excluding hydrogens is 252 g/mol. The number of halogens is 1. The average molecular weight is 269 g/mol. The number of anilines is 1. The Morgan fingerprint density at radius 3 is 2.94 bits per heavy atom. The van der Waals surface area contributed by atoms with Crippen LogP contribution >= 0.6 is 11.6 Å². The van der Waals surface area contributed by atoms with Crippen molar-refractivity contribution >= 4 is 23.0 Å². The van der Waals surface area contributed by atoms with Gasteiger partial charge in [-0.1, -0.05) is 13.0 Å². The number of hydrogen-bond donors (Lipinski definition) is 0.